The molecule has 0 saturated heterocycles. The highest BCUT2D eigenvalue weighted by Crippen LogP contribution is 2.19. The Hall–Kier alpha value is -4.00. The molecule has 0 bridgehead atoms. The Morgan fingerprint density at radius 3 is 2.45 bits per heavy atom. The van der Waals surface area contributed by atoms with Crippen LogP contribution in [0.3, 0.4) is 0 Å². The average Bonchev–Trinajstić information content (AvgIpc) is 2.81. The van der Waals surface area contributed by atoms with Crippen molar-refractivity contribution in [3.05, 3.63) is 88.3 Å². The average molecular weight is 414 g/mol. The molecule has 2 aromatic heterocycles. The van der Waals surface area contributed by atoms with E-state index in [1.165, 1.54) is 4.57 Å². The summed E-state index contributed by atoms with van der Waals surface area (Å²) in [5, 5.41) is 2.98. The van der Waals surface area contributed by atoms with E-state index in [-0.39, 0.29) is 17.5 Å². The summed E-state index contributed by atoms with van der Waals surface area (Å²) in [6, 6.07) is 17.8. The molecule has 0 radical (unpaired) electrons. The summed E-state index contributed by atoms with van der Waals surface area (Å²) in [4.78, 5) is 34.1. The predicted octanol–water partition coefficient (Wildman–Crippen LogP) is 3.50. The maximum absolute atomic E-state index is 12.7. The van der Waals surface area contributed by atoms with Gasteiger partial charge in [-0.05, 0) is 48.9 Å². The fraction of sp³-hybridized carbons (Fsp3) is 0.167. The highest BCUT2D eigenvalue weighted by Gasteiger charge is 2.14. The molecular weight excluding hydrogens is 392 g/mol. The lowest BCUT2D eigenvalue weighted by molar-refractivity contribution is 0.0940. The van der Waals surface area contributed by atoms with Crippen molar-refractivity contribution in [2.24, 2.45) is 7.05 Å². The first-order valence-electron chi connectivity index (χ1n) is 9.85. The van der Waals surface area contributed by atoms with Gasteiger partial charge in [0.1, 0.15) is 17.0 Å². The van der Waals surface area contributed by atoms with Crippen molar-refractivity contribution >= 4 is 17.1 Å². The van der Waals surface area contributed by atoms with Gasteiger partial charge in [0.2, 0.25) is 0 Å². The molecule has 31 heavy (non-hydrogen) atoms. The predicted molar refractivity (Wildman–Crippen MR) is 119 cm³/mol. The Kier molecular flexibility index (Phi) is 5.49. The van der Waals surface area contributed by atoms with Crippen LogP contribution in [0, 0.1) is 0 Å². The van der Waals surface area contributed by atoms with Crippen LogP contribution in [-0.2, 0) is 7.05 Å². The highest BCUT2D eigenvalue weighted by molar-refractivity contribution is 5.95. The maximum atomic E-state index is 12.7. The minimum Gasteiger partial charge on any atom is -0.497 e. The molecular formula is C24H22N4O3. The third-order valence-corrected chi connectivity index (χ3v) is 5.21. The number of amides is 1. The van der Waals surface area contributed by atoms with Gasteiger partial charge in [-0.25, -0.2) is 9.97 Å². The molecule has 1 amide bonds. The Morgan fingerprint density at radius 2 is 1.77 bits per heavy atom. The van der Waals surface area contributed by atoms with Gasteiger partial charge in [-0.3, -0.25) is 14.2 Å². The number of ether oxygens (including phenoxy) is 1. The fourth-order valence-electron chi connectivity index (χ4n) is 3.38. The van der Waals surface area contributed by atoms with E-state index >= 15 is 0 Å². The largest absolute Gasteiger partial charge is 0.497 e. The molecule has 0 aliphatic rings. The number of nitrogens with zero attached hydrogens (tertiary/aromatic N) is 3. The quantitative estimate of drug-likeness (QED) is 0.540. The zero-order valence-corrected chi connectivity index (χ0v) is 17.5. The molecule has 4 rings (SSSR count). The topological polar surface area (TPSA) is 86.1 Å². The molecule has 2 heterocycles. The Morgan fingerprint density at radius 1 is 1.06 bits per heavy atom. The number of methoxy groups -OCH3 is 1. The molecule has 0 saturated carbocycles. The van der Waals surface area contributed by atoms with Crippen molar-refractivity contribution in [2.75, 3.05) is 7.11 Å². The van der Waals surface area contributed by atoms with Crippen LogP contribution in [0.2, 0.25) is 0 Å². The number of nitrogens with one attached hydrogen (secondary N) is 1. The molecule has 1 atom stereocenters. The number of pyridine rings is 1. The van der Waals surface area contributed by atoms with Gasteiger partial charge in [0, 0.05) is 24.4 Å². The van der Waals surface area contributed by atoms with E-state index in [4.69, 9.17) is 4.74 Å². The van der Waals surface area contributed by atoms with E-state index in [1.807, 2.05) is 37.3 Å². The molecule has 1 unspecified atom stereocenters. The third-order valence-electron chi connectivity index (χ3n) is 5.21. The second-order valence-electron chi connectivity index (χ2n) is 7.22. The van der Waals surface area contributed by atoms with Crippen LogP contribution in [0.1, 0.15) is 28.9 Å². The van der Waals surface area contributed by atoms with Crippen molar-refractivity contribution in [3.63, 3.8) is 0 Å². The number of hydrogen-bond acceptors (Lipinski definition) is 5. The van der Waals surface area contributed by atoms with Gasteiger partial charge in [0.15, 0.2) is 5.65 Å². The number of carbonyl (C=O) groups excluding carboxylic acids is 1. The number of rotatable bonds is 5. The molecule has 4 aromatic rings. The first-order chi connectivity index (χ1) is 15.0. The molecule has 0 aliphatic carbocycles. The second-order valence-corrected chi connectivity index (χ2v) is 7.22. The SMILES string of the molecule is COc1ccc(C(C)NC(=O)c2ccc(-c3nc4cccnc4n(C)c3=O)cc2)cc1. The molecule has 2 aromatic carbocycles. The Bertz CT molecular complexity index is 1300. The van der Waals surface area contributed by atoms with Crippen molar-refractivity contribution < 1.29 is 9.53 Å². The number of aromatic nitrogens is 3. The van der Waals surface area contributed by atoms with Crippen LogP contribution < -0.4 is 15.6 Å². The summed E-state index contributed by atoms with van der Waals surface area (Å²) in [7, 11) is 3.29. The second kappa shape index (κ2) is 8.39. The van der Waals surface area contributed by atoms with Crippen LogP contribution in [0.15, 0.2) is 71.7 Å². The molecule has 7 nitrogen and oxygen atoms in total. The zero-order chi connectivity index (χ0) is 22.0. The Balaban J connectivity index is 1.55. The number of aryl methyl sites for hydroxylation is 1. The molecule has 1 N–H and O–H groups in total. The van der Waals surface area contributed by atoms with E-state index < -0.39 is 0 Å². The van der Waals surface area contributed by atoms with E-state index in [2.05, 4.69) is 15.3 Å². The van der Waals surface area contributed by atoms with E-state index in [1.54, 1.807) is 50.7 Å². The molecule has 7 heteroatoms. The Labute approximate surface area is 179 Å². The maximum Gasteiger partial charge on any atom is 0.278 e. The summed E-state index contributed by atoms with van der Waals surface area (Å²) in [6.45, 7) is 1.92. The lowest BCUT2D eigenvalue weighted by Crippen LogP contribution is -2.26. The van der Waals surface area contributed by atoms with Gasteiger partial charge in [0.25, 0.3) is 11.5 Å². The zero-order valence-electron chi connectivity index (χ0n) is 17.5. The lowest BCUT2D eigenvalue weighted by atomic mass is 10.1. The van der Waals surface area contributed by atoms with Crippen LogP contribution in [-0.4, -0.2) is 27.6 Å². The molecule has 0 fully saturated rings. The van der Waals surface area contributed by atoms with Gasteiger partial charge in [-0.15, -0.1) is 0 Å². The van der Waals surface area contributed by atoms with Crippen molar-refractivity contribution in [2.45, 2.75) is 13.0 Å². The van der Waals surface area contributed by atoms with Gasteiger partial charge < -0.3 is 10.1 Å². The number of carbonyl (C=O) groups is 1. The molecule has 0 aliphatic heterocycles. The van der Waals surface area contributed by atoms with Gasteiger partial charge in [-0.1, -0.05) is 24.3 Å². The normalized spacial score (nSPS) is 11.8. The summed E-state index contributed by atoms with van der Waals surface area (Å²) >= 11 is 0. The number of benzene rings is 2. The minimum absolute atomic E-state index is 0.167. The third kappa shape index (κ3) is 4.02. The summed E-state index contributed by atoms with van der Waals surface area (Å²) in [6.07, 6.45) is 1.63. The molecule has 0 spiro atoms. The summed E-state index contributed by atoms with van der Waals surface area (Å²) < 4.78 is 6.65. The standard InChI is InChI=1S/C24H22N4O3/c1-15(16-10-12-19(31-3)13-11-16)26-23(29)18-8-6-17(7-9-18)21-24(30)28(2)22-20(27-21)5-4-14-25-22/h4-15H,1-3H3,(H,26,29). The fourth-order valence-corrected chi connectivity index (χ4v) is 3.38. The van der Waals surface area contributed by atoms with E-state index in [9.17, 15) is 9.59 Å². The highest BCUT2D eigenvalue weighted by atomic mass is 16.5. The van der Waals surface area contributed by atoms with Gasteiger partial charge >= 0.3 is 0 Å². The number of fused-ring (bicyclic) bond motifs is 1. The van der Waals surface area contributed by atoms with Gasteiger partial charge in [0.05, 0.1) is 13.2 Å². The molecule has 156 valence electrons. The van der Waals surface area contributed by atoms with Crippen LogP contribution >= 0.6 is 0 Å². The lowest BCUT2D eigenvalue weighted by Gasteiger charge is -2.15. The monoisotopic (exact) mass is 414 g/mol. The number of hydrogen-bond donors (Lipinski definition) is 1. The smallest absolute Gasteiger partial charge is 0.278 e. The van der Waals surface area contributed by atoms with E-state index in [0.29, 0.717) is 28.0 Å². The first kappa shape index (κ1) is 20.3. The van der Waals surface area contributed by atoms with Crippen LogP contribution in [0.5, 0.6) is 5.75 Å². The first-order valence-corrected chi connectivity index (χ1v) is 9.85. The van der Waals surface area contributed by atoms with Crippen molar-refractivity contribution in [3.8, 4) is 17.0 Å². The van der Waals surface area contributed by atoms with Crippen LogP contribution in [0.25, 0.3) is 22.4 Å². The van der Waals surface area contributed by atoms with Crippen LogP contribution in [0.4, 0.5) is 0 Å². The van der Waals surface area contributed by atoms with Gasteiger partial charge in [-0.2, -0.15) is 0 Å². The van der Waals surface area contributed by atoms with E-state index in [0.717, 1.165) is 11.3 Å². The summed E-state index contributed by atoms with van der Waals surface area (Å²) in [5.41, 5.74) is 3.37. The minimum atomic E-state index is -0.239. The van der Waals surface area contributed by atoms with Crippen molar-refractivity contribution in [1.82, 2.24) is 19.9 Å². The van der Waals surface area contributed by atoms with Crippen molar-refractivity contribution in [1.29, 1.82) is 0 Å². The summed E-state index contributed by atoms with van der Waals surface area (Å²) in [5.74, 6) is 0.570.